The van der Waals surface area contributed by atoms with Gasteiger partial charge < -0.3 is 15.7 Å². The Balaban J connectivity index is 1.31. The Morgan fingerprint density at radius 3 is 2.66 bits per heavy atom. The van der Waals surface area contributed by atoms with Gasteiger partial charge >= 0.3 is 0 Å². The van der Waals surface area contributed by atoms with Crippen LogP contribution < -0.4 is 5.73 Å². The SMILES string of the molecule is CC(C)CC1(C)N=C(N)N(CC2CCN(C3c4ccc(Cl)cc4CCc4cccnc43)CC2)C1O. The summed E-state index contributed by atoms with van der Waals surface area (Å²) >= 11 is 6.37. The molecule has 0 amide bonds. The molecule has 3 atom stereocenters. The van der Waals surface area contributed by atoms with Gasteiger partial charge in [0.25, 0.3) is 0 Å². The number of aliphatic hydroxyl groups is 1. The van der Waals surface area contributed by atoms with Crippen LogP contribution in [0.25, 0.3) is 0 Å². The van der Waals surface area contributed by atoms with Gasteiger partial charge in [-0.1, -0.05) is 37.6 Å². The number of nitrogens with zero attached hydrogens (tertiary/aromatic N) is 4. The van der Waals surface area contributed by atoms with Crippen LogP contribution in [0.1, 0.15) is 68.5 Å². The summed E-state index contributed by atoms with van der Waals surface area (Å²) in [6.45, 7) is 9.07. The minimum absolute atomic E-state index is 0.153. The number of guanidine groups is 1. The van der Waals surface area contributed by atoms with Crippen LogP contribution in [0, 0.1) is 11.8 Å². The summed E-state index contributed by atoms with van der Waals surface area (Å²) in [5, 5.41) is 11.9. The van der Waals surface area contributed by atoms with Gasteiger partial charge in [-0.2, -0.15) is 0 Å². The van der Waals surface area contributed by atoms with Crippen molar-refractivity contribution in [1.82, 2.24) is 14.8 Å². The Bertz CT molecular complexity index is 1100. The van der Waals surface area contributed by atoms with Gasteiger partial charge in [0, 0.05) is 17.8 Å². The van der Waals surface area contributed by atoms with Crippen molar-refractivity contribution in [3.05, 3.63) is 63.9 Å². The highest BCUT2D eigenvalue weighted by Crippen LogP contribution is 2.39. The van der Waals surface area contributed by atoms with Crippen molar-refractivity contribution >= 4 is 17.6 Å². The smallest absolute Gasteiger partial charge is 0.194 e. The molecule has 3 aliphatic rings. The minimum atomic E-state index is -0.655. The topological polar surface area (TPSA) is 78.0 Å². The minimum Gasteiger partial charge on any atom is -0.371 e. The largest absolute Gasteiger partial charge is 0.371 e. The second-order valence-corrected chi connectivity index (χ2v) is 11.7. The first-order valence-electron chi connectivity index (χ1n) is 13.0. The summed E-state index contributed by atoms with van der Waals surface area (Å²) in [6.07, 6.45) is 6.17. The number of hydrogen-bond donors (Lipinski definition) is 2. The van der Waals surface area contributed by atoms with Gasteiger partial charge in [-0.3, -0.25) is 9.88 Å². The summed E-state index contributed by atoms with van der Waals surface area (Å²) in [7, 11) is 0. The Morgan fingerprint density at radius 1 is 1.17 bits per heavy atom. The van der Waals surface area contributed by atoms with Crippen molar-refractivity contribution in [3.8, 4) is 0 Å². The Kier molecular flexibility index (Phi) is 6.81. The molecule has 7 heteroatoms. The van der Waals surface area contributed by atoms with E-state index in [2.05, 4.69) is 41.9 Å². The molecule has 1 saturated heterocycles. The lowest BCUT2D eigenvalue weighted by Gasteiger charge is -2.40. The van der Waals surface area contributed by atoms with Crippen molar-refractivity contribution in [3.63, 3.8) is 0 Å². The van der Waals surface area contributed by atoms with Crippen molar-refractivity contribution in [2.24, 2.45) is 22.6 Å². The van der Waals surface area contributed by atoms with Crippen LogP contribution >= 0.6 is 11.6 Å². The molecule has 3 unspecified atom stereocenters. The first-order chi connectivity index (χ1) is 16.7. The average Bonchev–Trinajstić information content (AvgIpc) is 2.95. The molecule has 1 aromatic carbocycles. The standard InChI is InChI=1S/C28H38ClN5O/c1-18(2)16-28(3)26(35)34(27(30)32-28)17-19-10-13-33(14-11-19)25-23-9-8-22(29)15-21(23)7-6-20-5-4-12-31-24(20)25/h4-5,8-9,12,15,18-19,25-26,35H,6-7,10-11,13-14,16-17H2,1-3H3,(H2,30,32). The molecular formula is C28H38ClN5O. The van der Waals surface area contributed by atoms with Gasteiger partial charge in [-0.25, -0.2) is 4.99 Å². The summed E-state index contributed by atoms with van der Waals surface area (Å²) < 4.78 is 0. The van der Waals surface area contributed by atoms with Crippen LogP contribution in [-0.4, -0.2) is 57.3 Å². The molecule has 6 nitrogen and oxygen atoms in total. The molecule has 188 valence electrons. The lowest BCUT2D eigenvalue weighted by atomic mass is 9.89. The fraction of sp³-hybridized carbons (Fsp3) is 0.571. The summed E-state index contributed by atoms with van der Waals surface area (Å²) in [5.74, 6) is 1.40. The van der Waals surface area contributed by atoms with Gasteiger partial charge in [0.15, 0.2) is 12.2 Å². The molecular weight excluding hydrogens is 458 g/mol. The van der Waals surface area contributed by atoms with E-state index in [1.165, 1.54) is 22.4 Å². The quantitative estimate of drug-likeness (QED) is 0.643. The number of fused-ring (bicyclic) bond motifs is 2. The number of hydrogen-bond acceptors (Lipinski definition) is 6. The van der Waals surface area contributed by atoms with Crippen LogP contribution in [0.4, 0.5) is 0 Å². The van der Waals surface area contributed by atoms with E-state index < -0.39 is 11.8 Å². The van der Waals surface area contributed by atoms with Crippen LogP contribution in [0.15, 0.2) is 41.5 Å². The number of rotatable bonds is 5. The summed E-state index contributed by atoms with van der Waals surface area (Å²) in [5.41, 5.74) is 11.0. The Morgan fingerprint density at radius 2 is 1.91 bits per heavy atom. The fourth-order valence-electron chi connectivity index (χ4n) is 6.44. The summed E-state index contributed by atoms with van der Waals surface area (Å²) in [6, 6.07) is 10.8. The van der Waals surface area contributed by atoms with Crippen molar-refractivity contribution in [1.29, 1.82) is 0 Å². The maximum atomic E-state index is 11.1. The zero-order valence-corrected chi connectivity index (χ0v) is 21.9. The van der Waals surface area contributed by atoms with Gasteiger partial charge in [0.2, 0.25) is 0 Å². The van der Waals surface area contributed by atoms with Crippen LogP contribution in [0.5, 0.6) is 0 Å². The third kappa shape index (κ3) is 4.81. The molecule has 0 bridgehead atoms. The number of aliphatic imine (C=N–C) groups is 1. The van der Waals surface area contributed by atoms with E-state index in [0.717, 1.165) is 56.8 Å². The highest BCUT2D eigenvalue weighted by atomic mass is 35.5. The molecule has 2 aromatic rings. The Labute approximate surface area is 214 Å². The number of aryl methyl sites for hydroxylation is 2. The van der Waals surface area contributed by atoms with Crippen molar-refractivity contribution in [2.75, 3.05) is 19.6 Å². The van der Waals surface area contributed by atoms with Gasteiger partial charge in [-0.05, 0) is 98.8 Å². The molecule has 5 rings (SSSR count). The second-order valence-electron chi connectivity index (χ2n) is 11.2. The lowest BCUT2D eigenvalue weighted by Crippen LogP contribution is -2.50. The monoisotopic (exact) mass is 495 g/mol. The number of nitrogens with two attached hydrogens (primary N) is 1. The molecule has 3 N–H and O–H groups in total. The van der Waals surface area contributed by atoms with E-state index in [1.54, 1.807) is 0 Å². The maximum absolute atomic E-state index is 11.1. The molecule has 35 heavy (non-hydrogen) atoms. The zero-order chi connectivity index (χ0) is 24.7. The van der Waals surface area contributed by atoms with Crippen molar-refractivity contribution < 1.29 is 5.11 Å². The van der Waals surface area contributed by atoms with E-state index in [9.17, 15) is 5.11 Å². The van der Waals surface area contributed by atoms with E-state index >= 15 is 0 Å². The highest BCUT2D eigenvalue weighted by molar-refractivity contribution is 6.30. The van der Waals surface area contributed by atoms with Gasteiger partial charge in [-0.15, -0.1) is 0 Å². The average molecular weight is 496 g/mol. The molecule has 1 aromatic heterocycles. The Hall–Kier alpha value is -2.15. The third-order valence-electron chi connectivity index (χ3n) is 8.05. The number of aliphatic hydroxyl groups excluding tert-OH is 1. The van der Waals surface area contributed by atoms with Crippen LogP contribution in [-0.2, 0) is 12.8 Å². The molecule has 0 radical (unpaired) electrons. The third-order valence-corrected chi connectivity index (χ3v) is 8.29. The second kappa shape index (κ2) is 9.72. The number of benzene rings is 1. The number of piperidine rings is 1. The van der Waals surface area contributed by atoms with E-state index in [1.807, 2.05) is 30.2 Å². The lowest BCUT2D eigenvalue weighted by molar-refractivity contribution is -0.00752. The normalized spacial score (nSPS) is 27.5. The first kappa shape index (κ1) is 24.5. The number of pyridine rings is 1. The van der Waals surface area contributed by atoms with E-state index in [0.29, 0.717) is 17.8 Å². The highest BCUT2D eigenvalue weighted by Gasteiger charge is 2.45. The molecule has 3 heterocycles. The molecule has 0 saturated carbocycles. The van der Waals surface area contributed by atoms with Crippen LogP contribution in [0.3, 0.4) is 0 Å². The van der Waals surface area contributed by atoms with Gasteiger partial charge in [0.05, 0.1) is 11.7 Å². The fourth-order valence-corrected chi connectivity index (χ4v) is 6.63. The number of likely N-dealkylation sites (tertiary alicyclic amines) is 1. The molecule has 0 spiro atoms. The van der Waals surface area contributed by atoms with Gasteiger partial charge in [0.1, 0.15) is 5.54 Å². The maximum Gasteiger partial charge on any atom is 0.194 e. The first-order valence-corrected chi connectivity index (χ1v) is 13.4. The zero-order valence-electron chi connectivity index (χ0n) is 21.1. The predicted molar refractivity (Wildman–Crippen MR) is 141 cm³/mol. The predicted octanol–water partition coefficient (Wildman–Crippen LogP) is 4.39. The molecule has 2 aliphatic heterocycles. The van der Waals surface area contributed by atoms with E-state index in [4.69, 9.17) is 22.3 Å². The number of aromatic nitrogens is 1. The molecule has 1 aliphatic carbocycles. The van der Waals surface area contributed by atoms with E-state index in [-0.39, 0.29) is 6.04 Å². The van der Waals surface area contributed by atoms with Crippen molar-refractivity contribution in [2.45, 2.75) is 70.7 Å². The summed E-state index contributed by atoms with van der Waals surface area (Å²) in [4.78, 5) is 14.1. The molecule has 1 fully saturated rings. The van der Waals surface area contributed by atoms with Crippen LogP contribution in [0.2, 0.25) is 5.02 Å². The number of halogens is 1.